The average molecular weight is 328 g/mol. The highest BCUT2D eigenvalue weighted by molar-refractivity contribution is 5.88. The van der Waals surface area contributed by atoms with Crippen LogP contribution in [0.25, 0.3) is 27.7 Å². The molecule has 0 saturated carbocycles. The second-order valence-electron chi connectivity index (χ2n) is 5.57. The Labute approximate surface area is 135 Å². The molecule has 4 aromatic rings. The molecule has 122 valence electrons. The Morgan fingerprint density at radius 2 is 2.08 bits per heavy atom. The molecule has 0 bridgehead atoms. The first-order valence-electron chi connectivity index (χ1n) is 7.38. The minimum Gasteiger partial charge on any atom is -0.367 e. The van der Waals surface area contributed by atoms with Crippen molar-refractivity contribution in [2.45, 2.75) is 19.9 Å². The van der Waals surface area contributed by atoms with Gasteiger partial charge in [0, 0.05) is 11.8 Å². The fraction of sp³-hybridized carbons (Fsp3) is 0.188. The molecule has 0 saturated heterocycles. The number of nitrogens with zero attached hydrogens (tertiary/aromatic N) is 5. The Morgan fingerprint density at radius 1 is 1.25 bits per heavy atom. The smallest absolute Gasteiger partial charge is 0.256 e. The number of hydrogen-bond donors (Lipinski definition) is 1. The molecule has 0 radical (unpaired) electrons. The van der Waals surface area contributed by atoms with Gasteiger partial charge in [0.2, 0.25) is 5.95 Å². The van der Waals surface area contributed by atoms with Gasteiger partial charge in [0.15, 0.2) is 0 Å². The number of nitrogen functional groups attached to an aromatic ring is 1. The van der Waals surface area contributed by atoms with Crippen LogP contribution >= 0.6 is 0 Å². The highest BCUT2D eigenvalue weighted by Crippen LogP contribution is 2.29. The fourth-order valence-electron chi connectivity index (χ4n) is 2.97. The van der Waals surface area contributed by atoms with Crippen LogP contribution in [0.1, 0.15) is 5.69 Å². The predicted molar refractivity (Wildman–Crippen MR) is 86.9 cm³/mol. The molecule has 1 aromatic carbocycles. The molecule has 0 aliphatic rings. The zero-order valence-electron chi connectivity index (χ0n) is 12.8. The van der Waals surface area contributed by atoms with Gasteiger partial charge in [0.1, 0.15) is 0 Å². The van der Waals surface area contributed by atoms with Crippen LogP contribution in [0.15, 0.2) is 36.8 Å². The lowest BCUT2D eigenvalue weighted by Gasteiger charge is -2.06. The number of anilines is 1. The Kier molecular flexibility index (Phi) is 3.19. The van der Waals surface area contributed by atoms with E-state index < -0.39 is 6.43 Å². The third-order valence-electron chi connectivity index (χ3n) is 3.97. The summed E-state index contributed by atoms with van der Waals surface area (Å²) >= 11 is 0. The highest BCUT2D eigenvalue weighted by Gasteiger charge is 2.13. The van der Waals surface area contributed by atoms with E-state index in [1.54, 1.807) is 10.7 Å². The van der Waals surface area contributed by atoms with Crippen LogP contribution in [0.3, 0.4) is 0 Å². The van der Waals surface area contributed by atoms with Crippen LogP contribution in [-0.4, -0.2) is 30.6 Å². The maximum atomic E-state index is 12.7. The zero-order chi connectivity index (χ0) is 16.8. The van der Waals surface area contributed by atoms with Crippen molar-refractivity contribution < 1.29 is 8.78 Å². The predicted octanol–water partition coefficient (Wildman–Crippen LogP) is 2.90. The van der Waals surface area contributed by atoms with Crippen LogP contribution in [0.5, 0.6) is 0 Å². The van der Waals surface area contributed by atoms with Gasteiger partial charge in [-0.2, -0.15) is 0 Å². The van der Waals surface area contributed by atoms with Crippen molar-refractivity contribution in [2.24, 2.45) is 0 Å². The molecule has 2 N–H and O–H groups in total. The Balaban J connectivity index is 1.90. The van der Waals surface area contributed by atoms with Crippen molar-refractivity contribution in [1.82, 2.24) is 24.1 Å². The summed E-state index contributed by atoms with van der Waals surface area (Å²) in [6, 6.07) is 7.50. The van der Waals surface area contributed by atoms with Gasteiger partial charge in [-0.1, -0.05) is 6.07 Å². The number of rotatable bonds is 3. The van der Waals surface area contributed by atoms with Crippen molar-refractivity contribution >= 4 is 22.5 Å². The average Bonchev–Trinajstić information content (AvgIpc) is 3.11. The minimum absolute atomic E-state index is 0.201. The van der Waals surface area contributed by atoms with E-state index in [0.29, 0.717) is 11.0 Å². The van der Waals surface area contributed by atoms with Crippen LogP contribution in [-0.2, 0) is 6.54 Å². The quantitative estimate of drug-likeness (QED) is 0.627. The van der Waals surface area contributed by atoms with E-state index in [9.17, 15) is 8.78 Å². The number of aromatic nitrogens is 5. The van der Waals surface area contributed by atoms with E-state index in [2.05, 4.69) is 15.1 Å². The van der Waals surface area contributed by atoms with Crippen molar-refractivity contribution in [2.75, 3.05) is 5.73 Å². The van der Waals surface area contributed by atoms with Gasteiger partial charge in [-0.3, -0.25) is 0 Å². The van der Waals surface area contributed by atoms with E-state index in [1.807, 2.05) is 31.2 Å². The summed E-state index contributed by atoms with van der Waals surface area (Å²) in [5, 5.41) is 4.16. The summed E-state index contributed by atoms with van der Waals surface area (Å²) in [7, 11) is 0. The molecule has 3 aromatic heterocycles. The van der Waals surface area contributed by atoms with Crippen molar-refractivity contribution in [3.8, 4) is 11.1 Å². The van der Waals surface area contributed by atoms with Crippen LogP contribution < -0.4 is 5.73 Å². The van der Waals surface area contributed by atoms with Gasteiger partial charge >= 0.3 is 0 Å². The van der Waals surface area contributed by atoms with Gasteiger partial charge in [-0.05, 0) is 30.7 Å². The van der Waals surface area contributed by atoms with Crippen LogP contribution in [0.4, 0.5) is 14.7 Å². The molecule has 4 rings (SSSR count). The normalized spacial score (nSPS) is 11.8. The van der Waals surface area contributed by atoms with Crippen LogP contribution in [0.2, 0.25) is 0 Å². The van der Waals surface area contributed by atoms with Gasteiger partial charge < -0.3 is 10.3 Å². The lowest BCUT2D eigenvalue weighted by molar-refractivity contribution is 0.128. The topological polar surface area (TPSA) is 74.0 Å². The van der Waals surface area contributed by atoms with E-state index in [1.165, 1.54) is 10.9 Å². The molecular weight excluding hydrogens is 314 g/mol. The molecular formula is C16H14F2N6. The molecule has 6 nitrogen and oxygen atoms in total. The lowest BCUT2D eigenvalue weighted by atomic mass is 10.1. The number of halogens is 2. The van der Waals surface area contributed by atoms with Gasteiger partial charge in [0.05, 0.1) is 35.1 Å². The third-order valence-corrected chi connectivity index (χ3v) is 3.97. The van der Waals surface area contributed by atoms with E-state index in [-0.39, 0.29) is 12.5 Å². The van der Waals surface area contributed by atoms with Crippen molar-refractivity contribution in [1.29, 1.82) is 0 Å². The first kappa shape index (κ1) is 14.6. The Hall–Kier alpha value is -3.03. The maximum Gasteiger partial charge on any atom is 0.256 e. The van der Waals surface area contributed by atoms with E-state index in [4.69, 9.17) is 5.73 Å². The van der Waals surface area contributed by atoms with Crippen molar-refractivity contribution in [3.63, 3.8) is 0 Å². The van der Waals surface area contributed by atoms with E-state index >= 15 is 0 Å². The molecule has 0 unspecified atom stereocenters. The number of aryl methyl sites for hydroxylation is 1. The summed E-state index contributed by atoms with van der Waals surface area (Å²) in [4.78, 5) is 8.37. The first-order valence-corrected chi connectivity index (χ1v) is 7.38. The fourth-order valence-corrected chi connectivity index (χ4v) is 2.97. The number of imidazole rings is 1. The first-order chi connectivity index (χ1) is 11.5. The van der Waals surface area contributed by atoms with Gasteiger partial charge in [-0.15, -0.1) is 5.10 Å². The summed E-state index contributed by atoms with van der Waals surface area (Å²) < 4.78 is 28.6. The summed E-state index contributed by atoms with van der Waals surface area (Å²) in [5.41, 5.74) is 10.4. The highest BCUT2D eigenvalue weighted by atomic mass is 19.3. The molecule has 0 amide bonds. The second-order valence-corrected chi connectivity index (χ2v) is 5.57. The number of alkyl halides is 2. The van der Waals surface area contributed by atoms with E-state index in [0.717, 1.165) is 22.3 Å². The van der Waals surface area contributed by atoms with Gasteiger partial charge in [0.25, 0.3) is 6.43 Å². The third kappa shape index (κ3) is 2.27. The van der Waals surface area contributed by atoms with Crippen LogP contribution in [0, 0.1) is 6.92 Å². The molecule has 0 aliphatic heterocycles. The Bertz CT molecular complexity index is 1050. The minimum atomic E-state index is -2.43. The number of fused-ring (bicyclic) bond motifs is 2. The molecule has 24 heavy (non-hydrogen) atoms. The molecule has 0 fully saturated rings. The standard InChI is InChI=1S/C16H14F2N6/c1-9-15-11(4-5-24(15)22-16(19)21-9)10-2-3-12-13(6-10)23(8-20-12)7-14(17)18/h2-6,8,14H,7H2,1H3,(H2,19,22). The molecule has 0 spiro atoms. The number of nitrogens with two attached hydrogens (primary N) is 1. The largest absolute Gasteiger partial charge is 0.367 e. The summed E-state index contributed by atoms with van der Waals surface area (Å²) in [6.45, 7) is 1.48. The Morgan fingerprint density at radius 3 is 2.88 bits per heavy atom. The number of benzene rings is 1. The molecule has 0 aliphatic carbocycles. The summed E-state index contributed by atoms with van der Waals surface area (Å²) in [6.07, 6.45) is 0.809. The lowest BCUT2D eigenvalue weighted by Crippen LogP contribution is -2.05. The second kappa shape index (κ2) is 5.26. The monoisotopic (exact) mass is 328 g/mol. The number of hydrogen-bond acceptors (Lipinski definition) is 4. The summed E-state index contributed by atoms with van der Waals surface area (Å²) in [5.74, 6) is 0.201. The molecule has 8 heteroatoms. The van der Waals surface area contributed by atoms with Gasteiger partial charge in [-0.25, -0.2) is 23.3 Å². The molecule has 0 atom stereocenters. The molecule has 3 heterocycles. The van der Waals surface area contributed by atoms with Crippen molar-refractivity contribution in [3.05, 3.63) is 42.5 Å². The zero-order valence-corrected chi connectivity index (χ0v) is 12.8. The SMILES string of the molecule is Cc1nc(N)nn2ccc(-c3ccc4ncn(CC(F)F)c4c3)c12. The maximum absolute atomic E-state index is 12.7.